The first kappa shape index (κ1) is 17.4. The normalized spacial score (nSPS) is 16.6. The van der Waals surface area contributed by atoms with Gasteiger partial charge in [0.15, 0.2) is 11.6 Å². The quantitative estimate of drug-likeness (QED) is 0.875. The number of benzene rings is 2. The number of carbonyl (C=O) groups excluding carboxylic acids is 1. The molecule has 1 saturated heterocycles. The third-order valence-corrected chi connectivity index (χ3v) is 4.47. The molecule has 4 nitrogen and oxygen atoms in total. The van der Waals surface area contributed by atoms with E-state index in [0.29, 0.717) is 31.1 Å². The van der Waals surface area contributed by atoms with Gasteiger partial charge >= 0.3 is 0 Å². The lowest BCUT2D eigenvalue weighted by molar-refractivity contribution is 0.0954. The highest BCUT2D eigenvalue weighted by molar-refractivity contribution is 5.94. The number of nitrogens with one attached hydrogen (secondary N) is 1. The van der Waals surface area contributed by atoms with Crippen molar-refractivity contribution in [1.82, 2.24) is 5.32 Å². The Bertz CT molecular complexity index is 741. The van der Waals surface area contributed by atoms with Crippen LogP contribution in [0, 0.1) is 5.82 Å². The van der Waals surface area contributed by atoms with E-state index in [4.69, 9.17) is 9.47 Å². The first-order valence-corrected chi connectivity index (χ1v) is 8.45. The van der Waals surface area contributed by atoms with Crippen LogP contribution in [0.1, 0.15) is 33.8 Å². The van der Waals surface area contributed by atoms with Gasteiger partial charge in [0.05, 0.1) is 13.7 Å². The van der Waals surface area contributed by atoms with Crippen LogP contribution in [0.4, 0.5) is 4.39 Å². The smallest absolute Gasteiger partial charge is 0.251 e. The number of carbonyl (C=O) groups is 1. The van der Waals surface area contributed by atoms with Crippen LogP contribution in [0.15, 0.2) is 42.5 Å². The highest BCUT2D eigenvalue weighted by Gasteiger charge is 2.18. The van der Waals surface area contributed by atoms with E-state index in [1.54, 1.807) is 12.1 Å². The van der Waals surface area contributed by atoms with Crippen LogP contribution in [0.3, 0.4) is 0 Å². The molecule has 1 N–H and O–H groups in total. The summed E-state index contributed by atoms with van der Waals surface area (Å²) in [7, 11) is 1.43. The van der Waals surface area contributed by atoms with Crippen molar-refractivity contribution >= 4 is 5.91 Å². The molecule has 3 rings (SSSR count). The number of amides is 1. The molecule has 0 unspecified atom stereocenters. The average molecular weight is 343 g/mol. The SMILES string of the molecule is COc1ccc(CCNC(=O)c2cccc([C@H]3CCOC3)c2)cc1F. The predicted octanol–water partition coefficient (Wildman–Crippen LogP) is 3.31. The van der Waals surface area contributed by atoms with E-state index >= 15 is 0 Å². The van der Waals surface area contributed by atoms with Gasteiger partial charge in [-0.15, -0.1) is 0 Å². The molecule has 1 amide bonds. The molecule has 1 fully saturated rings. The molecule has 0 aromatic heterocycles. The molecule has 1 heterocycles. The summed E-state index contributed by atoms with van der Waals surface area (Å²) in [4.78, 5) is 12.3. The highest BCUT2D eigenvalue weighted by Crippen LogP contribution is 2.25. The van der Waals surface area contributed by atoms with Crippen molar-refractivity contribution in [2.24, 2.45) is 0 Å². The maximum Gasteiger partial charge on any atom is 0.251 e. The third-order valence-electron chi connectivity index (χ3n) is 4.47. The number of halogens is 1. The van der Waals surface area contributed by atoms with Crippen LogP contribution in [0.5, 0.6) is 5.75 Å². The molecule has 2 aromatic carbocycles. The molecule has 1 aliphatic heterocycles. The maximum absolute atomic E-state index is 13.7. The van der Waals surface area contributed by atoms with E-state index < -0.39 is 5.82 Å². The summed E-state index contributed by atoms with van der Waals surface area (Å²) in [5, 5.41) is 2.89. The Labute approximate surface area is 147 Å². The Morgan fingerprint density at radius 1 is 1.32 bits per heavy atom. The molecule has 0 aliphatic carbocycles. The lowest BCUT2D eigenvalue weighted by Gasteiger charge is -2.11. The maximum atomic E-state index is 13.7. The fourth-order valence-electron chi connectivity index (χ4n) is 3.02. The van der Waals surface area contributed by atoms with Crippen LogP contribution in [-0.4, -0.2) is 32.8 Å². The third kappa shape index (κ3) is 4.37. The van der Waals surface area contributed by atoms with Gasteiger partial charge in [-0.25, -0.2) is 4.39 Å². The van der Waals surface area contributed by atoms with Gasteiger partial charge in [0, 0.05) is 24.6 Å². The molecule has 132 valence electrons. The Morgan fingerprint density at radius 3 is 2.92 bits per heavy atom. The van der Waals surface area contributed by atoms with Crippen molar-refractivity contribution in [3.8, 4) is 5.75 Å². The number of ether oxygens (including phenoxy) is 2. The molecular weight excluding hydrogens is 321 g/mol. The largest absolute Gasteiger partial charge is 0.494 e. The number of rotatable bonds is 6. The topological polar surface area (TPSA) is 47.6 Å². The van der Waals surface area contributed by atoms with Crippen molar-refractivity contribution in [2.45, 2.75) is 18.8 Å². The van der Waals surface area contributed by atoms with E-state index in [-0.39, 0.29) is 11.7 Å². The zero-order chi connectivity index (χ0) is 17.6. The summed E-state index contributed by atoms with van der Waals surface area (Å²) < 4.78 is 24.0. The predicted molar refractivity (Wildman–Crippen MR) is 93.6 cm³/mol. The second-order valence-corrected chi connectivity index (χ2v) is 6.16. The molecule has 0 radical (unpaired) electrons. The van der Waals surface area contributed by atoms with Gasteiger partial charge in [0.2, 0.25) is 0 Å². The first-order valence-electron chi connectivity index (χ1n) is 8.45. The van der Waals surface area contributed by atoms with Gasteiger partial charge in [-0.3, -0.25) is 4.79 Å². The monoisotopic (exact) mass is 343 g/mol. The van der Waals surface area contributed by atoms with Gasteiger partial charge in [-0.05, 0) is 48.2 Å². The van der Waals surface area contributed by atoms with Crippen molar-refractivity contribution in [3.05, 3.63) is 65.0 Å². The zero-order valence-corrected chi connectivity index (χ0v) is 14.3. The standard InChI is InChI=1S/C20H22FNO3/c1-24-19-6-5-14(11-18(19)21)7-9-22-20(23)16-4-2-3-15(12-16)17-8-10-25-13-17/h2-6,11-12,17H,7-10,13H2,1H3,(H,22,23)/t17-/m0/s1. The van der Waals surface area contributed by atoms with Crippen molar-refractivity contribution in [3.63, 3.8) is 0 Å². The molecule has 0 spiro atoms. The van der Waals surface area contributed by atoms with E-state index in [2.05, 4.69) is 5.32 Å². The van der Waals surface area contributed by atoms with Gasteiger partial charge in [0.25, 0.3) is 5.91 Å². The van der Waals surface area contributed by atoms with Gasteiger partial charge in [-0.1, -0.05) is 18.2 Å². The van der Waals surface area contributed by atoms with Crippen molar-refractivity contribution in [1.29, 1.82) is 0 Å². The Morgan fingerprint density at radius 2 is 2.20 bits per heavy atom. The van der Waals surface area contributed by atoms with Crippen molar-refractivity contribution < 1.29 is 18.7 Å². The minimum absolute atomic E-state index is 0.116. The fraction of sp³-hybridized carbons (Fsp3) is 0.350. The van der Waals surface area contributed by atoms with Crippen LogP contribution in [-0.2, 0) is 11.2 Å². The van der Waals surface area contributed by atoms with Crippen LogP contribution < -0.4 is 10.1 Å². The molecule has 25 heavy (non-hydrogen) atoms. The highest BCUT2D eigenvalue weighted by atomic mass is 19.1. The van der Waals surface area contributed by atoms with Crippen LogP contribution in [0.25, 0.3) is 0 Å². The van der Waals surface area contributed by atoms with E-state index in [0.717, 1.165) is 24.2 Å². The first-order chi connectivity index (χ1) is 12.2. The number of hydrogen-bond donors (Lipinski definition) is 1. The second kappa shape index (κ2) is 8.12. The molecule has 0 saturated carbocycles. The Kier molecular flexibility index (Phi) is 5.66. The molecular formula is C20H22FNO3. The summed E-state index contributed by atoms with van der Waals surface area (Å²) in [5.41, 5.74) is 2.60. The summed E-state index contributed by atoms with van der Waals surface area (Å²) >= 11 is 0. The zero-order valence-electron chi connectivity index (χ0n) is 14.3. The summed E-state index contributed by atoms with van der Waals surface area (Å²) in [6.07, 6.45) is 1.55. The molecule has 0 bridgehead atoms. The molecule has 5 heteroatoms. The Balaban J connectivity index is 1.55. The lowest BCUT2D eigenvalue weighted by Crippen LogP contribution is -2.25. The van der Waals surface area contributed by atoms with Crippen LogP contribution >= 0.6 is 0 Å². The fourth-order valence-corrected chi connectivity index (χ4v) is 3.02. The molecule has 2 aromatic rings. The minimum atomic E-state index is -0.391. The Hall–Kier alpha value is -2.40. The summed E-state index contributed by atoms with van der Waals surface area (Å²) in [5.74, 6) is 0.0862. The van der Waals surface area contributed by atoms with E-state index in [9.17, 15) is 9.18 Å². The average Bonchev–Trinajstić information content (AvgIpc) is 3.17. The van der Waals surface area contributed by atoms with Crippen molar-refractivity contribution in [2.75, 3.05) is 26.9 Å². The number of methoxy groups -OCH3 is 1. The second-order valence-electron chi connectivity index (χ2n) is 6.16. The van der Waals surface area contributed by atoms with E-state index in [1.165, 1.54) is 13.2 Å². The van der Waals surface area contributed by atoms with E-state index in [1.807, 2.05) is 24.3 Å². The van der Waals surface area contributed by atoms with Gasteiger partial charge in [-0.2, -0.15) is 0 Å². The number of hydrogen-bond acceptors (Lipinski definition) is 3. The summed E-state index contributed by atoms with van der Waals surface area (Å²) in [6.45, 7) is 1.94. The molecule has 1 aliphatic rings. The minimum Gasteiger partial charge on any atom is -0.494 e. The van der Waals surface area contributed by atoms with Crippen LogP contribution in [0.2, 0.25) is 0 Å². The van der Waals surface area contributed by atoms with Gasteiger partial charge < -0.3 is 14.8 Å². The lowest BCUT2D eigenvalue weighted by atomic mass is 9.96. The molecule has 1 atom stereocenters. The van der Waals surface area contributed by atoms with Gasteiger partial charge in [0.1, 0.15) is 0 Å². The summed E-state index contributed by atoms with van der Waals surface area (Å²) in [6, 6.07) is 12.5.